The Kier molecular flexibility index (Phi) is 5.49. The predicted octanol–water partition coefficient (Wildman–Crippen LogP) is 2.95. The molecule has 0 aliphatic rings. The van der Waals surface area contributed by atoms with Gasteiger partial charge in [-0.15, -0.1) is 11.3 Å². The molecule has 20 heavy (non-hydrogen) atoms. The zero-order valence-corrected chi connectivity index (χ0v) is 13.2. The summed E-state index contributed by atoms with van der Waals surface area (Å²) in [5.41, 5.74) is 1.01. The molecule has 0 aliphatic carbocycles. The van der Waals surface area contributed by atoms with Gasteiger partial charge < -0.3 is 5.32 Å². The van der Waals surface area contributed by atoms with Crippen LogP contribution in [0.4, 0.5) is 5.82 Å². The summed E-state index contributed by atoms with van der Waals surface area (Å²) < 4.78 is 0. The maximum Gasteiger partial charge on any atom is 0.144 e. The lowest BCUT2D eigenvalue weighted by molar-refractivity contribution is 0.323. The Labute approximate surface area is 124 Å². The van der Waals surface area contributed by atoms with Crippen LogP contribution >= 0.6 is 11.3 Å². The Balaban J connectivity index is 1.91. The molecule has 0 amide bonds. The van der Waals surface area contributed by atoms with Gasteiger partial charge in [0.15, 0.2) is 0 Å². The number of nitrogens with zero attached hydrogens (tertiary/aromatic N) is 3. The Morgan fingerprint density at radius 3 is 2.90 bits per heavy atom. The van der Waals surface area contributed by atoms with E-state index in [1.54, 1.807) is 0 Å². The van der Waals surface area contributed by atoms with Crippen molar-refractivity contribution in [2.75, 3.05) is 25.5 Å². The minimum atomic E-state index is 0.783. The lowest BCUT2D eigenvalue weighted by Gasteiger charge is -2.16. The van der Waals surface area contributed by atoms with Gasteiger partial charge in [-0.1, -0.05) is 6.07 Å². The molecule has 108 valence electrons. The Bertz CT molecular complexity index is 525. The molecular weight excluding hydrogens is 268 g/mol. The van der Waals surface area contributed by atoms with E-state index in [9.17, 15) is 0 Å². The van der Waals surface area contributed by atoms with E-state index in [2.05, 4.69) is 51.7 Å². The van der Waals surface area contributed by atoms with Gasteiger partial charge in [0.25, 0.3) is 0 Å². The number of anilines is 1. The molecule has 4 nitrogen and oxygen atoms in total. The fourth-order valence-corrected chi connectivity index (χ4v) is 2.75. The van der Waals surface area contributed by atoms with Gasteiger partial charge in [-0.3, -0.25) is 4.90 Å². The fraction of sp³-hybridized carbons (Fsp3) is 0.467. The van der Waals surface area contributed by atoms with Crippen molar-refractivity contribution in [1.82, 2.24) is 14.9 Å². The number of thiophene rings is 1. The van der Waals surface area contributed by atoms with Crippen molar-refractivity contribution < 1.29 is 0 Å². The van der Waals surface area contributed by atoms with Gasteiger partial charge in [-0.05, 0) is 38.8 Å². The Morgan fingerprint density at radius 1 is 1.35 bits per heavy atom. The highest BCUT2D eigenvalue weighted by atomic mass is 32.1. The molecule has 0 aliphatic heterocycles. The number of rotatable bonds is 7. The number of aromatic nitrogens is 2. The molecule has 2 rings (SSSR count). The standard InChI is InChI=1S/C15H22N4S/c1-4-16-14-10-12(2)17-15(18-14)11-19(3)8-7-13-6-5-9-20-13/h5-6,9-10H,4,7-8,11H2,1-3H3,(H,16,17,18). The monoisotopic (exact) mass is 290 g/mol. The molecule has 1 N–H and O–H groups in total. The highest BCUT2D eigenvalue weighted by molar-refractivity contribution is 7.09. The van der Waals surface area contributed by atoms with Gasteiger partial charge in [-0.25, -0.2) is 9.97 Å². The first-order valence-electron chi connectivity index (χ1n) is 6.96. The molecule has 2 aromatic rings. The van der Waals surface area contributed by atoms with Crippen LogP contribution in [0.25, 0.3) is 0 Å². The number of aryl methyl sites for hydroxylation is 1. The Hall–Kier alpha value is -1.46. The number of hydrogen-bond acceptors (Lipinski definition) is 5. The second kappa shape index (κ2) is 7.36. The van der Waals surface area contributed by atoms with E-state index in [1.165, 1.54) is 4.88 Å². The zero-order valence-electron chi connectivity index (χ0n) is 12.4. The second-order valence-corrected chi connectivity index (χ2v) is 5.94. The molecule has 0 bridgehead atoms. The molecule has 0 unspecified atom stereocenters. The molecule has 0 aromatic carbocycles. The van der Waals surface area contributed by atoms with Gasteiger partial charge in [0.2, 0.25) is 0 Å². The normalized spacial score (nSPS) is 11.0. The third-order valence-corrected chi connectivity index (χ3v) is 3.93. The molecule has 0 radical (unpaired) electrons. The average molecular weight is 290 g/mol. The van der Waals surface area contributed by atoms with E-state index in [0.717, 1.165) is 43.4 Å². The topological polar surface area (TPSA) is 41.1 Å². The van der Waals surface area contributed by atoms with E-state index < -0.39 is 0 Å². The third-order valence-electron chi connectivity index (χ3n) is 2.99. The molecule has 0 atom stereocenters. The predicted molar refractivity (Wildman–Crippen MR) is 85.3 cm³/mol. The molecule has 2 aromatic heterocycles. The second-order valence-electron chi connectivity index (χ2n) is 4.91. The van der Waals surface area contributed by atoms with Crippen LogP contribution in [0.3, 0.4) is 0 Å². The van der Waals surface area contributed by atoms with Crippen molar-refractivity contribution >= 4 is 17.2 Å². The van der Waals surface area contributed by atoms with E-state index in [1.807, 2.05) is 24.3 Å². The van der Waals surface area contributed by atoms with Crippen molar-refractivity contribution in [3.05, 3.63) is 40.0 Å². The van der Waals surface area contributed by atoms with Crippen LogP contribution in [0, 0.1) is 6.92 Å². The zero-order chi connectivity index (χ0) is 14.4. The van der Waals surface area contributed by atoms with E-state index >= 15 is 0 Å². The molecule has 0 saturated carbocycles. The molecule has 0 spiro atoms. The summed E-state index contributed by atoms with van der Waals surface area (Å²) in [5, 5.41) is 5.38. The van der Waals surface area contributed by atoms with Crippen molar-refractivity contribution in [2.45, 2.75) is 26.8 Å². The van der Waals surface area contributed by atoms with Crippen LogP contribution in [0.2, 0.25) is 0 Å². The summed E-state index contributed by atoms with van der Waals surface area (Å²) in [6.07, 6.45) is 1.08. The minimum absolute atomic E-state index is 0.783. The maximum atomic E-state index is 4.55. The van der Waals surface area contributed by atoms with Gasteiger partial charge in [0.1, 0.15) is 11.6 Å². The van der Waals surface area contributed by atoms with Crippen molar-refractivity contribution in [2.24, 2.45) is 0 Å². The Morgan fingerprint density at radius 2 is 2.20 bits per heavy atom. The lowest BCUT2D eigenvalue weighted by Crippen LogP contribution is -2.22. The van der Waals surface area contributed by atoms with E-state index in [0.29, 0.717) is 0 Å². The lowest BCUT2D eigenvalue weighted by atomic mass is 10.3. The number of hydrogen-bond donors (Lipinski definition) is 1. The first-order valence-corrected chi connectivity index (χ1v) is 7.84. The maximum absolute atomic E-state index is 4.55. The van der Waals surface area contributed by atoms with Crippen molar-refractivity contribution in [3.63, 3.8) is 0 Å². The molecule has 0 saturated heterocycles. The van der Waals surface area contributed by atoms with Crippen molar-refractivity contribution in [1.29, 1.82) is 0 Å². The third kappa shape index (κ3) is 4.58. The molecular formula is C15H22N4S. The summed E-state index contributed by atoms with van der Waals surface area (Å²) in [4.78, 5) is 12.8. The quantitative estimate of drug-likeness (QED) is 0.851. The largest absolute Gasteiger partial charge is 0.370 e. The smallest absolute Gasteiger partial charge is 0.144 e. The van der Waals surface area contributed by atoms with Crippen LogP contribution in [-0.2, 0) is 13.0 Å². The first-order chi connectivity index (χ1) is 9.67. The molecule has 0 fully saturated rings. The van der Waals surface area contributed by atoms with E-state index in [4.69, 9.17) is 0 Å². The summed E-state index contributed by atoms with van der Waals surface area (Å²) in [5.74, 6) is 1.80. The SMILES string of the molecule is CCNc1cc(C)nc(CN(C)CCc2cccs2)n1. The number of likely N-dealkylation sites (N-methyl/N-ethyl adjacent to an activating group) is 1. The van der Waals surface area contributed by atoms with Gasteiger partial charge in [-0.2, -0.15) is 0 Å². The number of nitrogens with one attached hydrogen (secondary N) is 1. The molecule has 5 heteroatoms. The van der Waals surface area contributed by atoms with E-state index in [-0.39, 0.29) is 0 Å². The highest BCUT2D eigenvalue weighted by Gasteiger charge is 2.06. The van der Waals surface area contributed by atoms with Crippen molar-refractivity contribution in [3.8, 4) is 0 Å². The average Bonchev–Trinajstić information content (AvgIpc) is 2.89. The fourth-order valence-electron chi connectivity index (χ4n) is 2.05. The molecule has 2 heterocycles. The van der Waals surface area contributed by atoms with Crippen LogP contribution in [-0.4, -0.2) is 35.0 Å². The van der Waals surface area contributed by atoms with Gasteiger partial charge in [0, 0.05) is 29.7 Å². The first kappa shape index (κ1) is 14.9. The summed E-state index contributed by atoms with van der Waals surface area (Å²) in [6, 6.07) is 6.27. The van der Waals surface area contributed by atoms with Crippen LogP contribution in [0.15, 0.2) is 23.6 Å². The van der Waals surface area contributed by atoms with Gasteiger partial charge >= 0.3 is 0 Å². The van der Waals surface area contributed by atoms with Crippen LogP contribution in [0.5, 0.6) is 0 Å². The van der Waals surface area contributed by atoms with Crippen LogP contribution < -0.4 is 5.32 Å². The summed E-state index contributed by atoms with van der Waals surface area (Å²) in [6.45, 7) is 6.77. The summed E-state index contributed by atoms with van der Waals surface area (Å²) in [7, 11) is 2.12. The highest BCUT2D eigenvalue weighted by Crippen LogP contribution is 2.11. The minimum Gasteiger partial charge on any atom is -0.370 e. The van der Waals surface area contributed by atoms with Gasteiger partial charge in [0.05, 0.1) is 6.54 Å². The summed E-state index contributed by atoms with van der Waals surface area (Å²) >= 11 is 1.81. The van der Waals surface area contributed by atoms with Crippen LogP contribution in [0.1, 0.15) is 23.3 Å².